The Hall–Kier alpha value is -0.466. The van der Waals surface area contributed by atoms with Gasteiger partial charge in [0.05, 0.1) is 0 Å². The van der Waals surface area contributed by atoms with Crippen molar-refractivity contribution in [2.75, 3.05) is 6.61 Å². The lowest BCUT2D eigenvalue weighted by Gasteiger charge is -2.17. The van der Waals surface area contributed by atoms with Crippen molar-refractivity contribution in [3.05, 3.63) is 0 Å². The summed E-state index contributed by atoms with van der Waals surface area (Å²) in [5, 5.41) is 0. The Labute approximate surface area is 176 Å². The fourth-order valence-electron chi connectivity index (χ4n) is 2.97. The quantitative estimate of drug-likeness (QED) is 0.176. The summed E-state index contributed by atoms with van der Waals surface area (Å²) in [6.07, 6.45) is 12.9. The number of carbonyl (C=O) groups is 2. The highest BCUT2D eigenvalue weighted by Crippen LogP contribution is 2.13. The summed E-state index contributed by atoms with van der Waals surface area (Å²) in [5.74, 6) is 0.390. The van der Waals surface area contributed by atoms with Gasteiger partial charge in [0.2, 0.25) is 8.32 Å². The Morgan fingerprint density at radius 2 is 1.00 bits per heavy atom. The number of Topliss-reactive ketones (excluding diaryl/α,β-unsaturated/α-hetero) is 1. The van der Waals surface area contributed by atoms with Crippen LogP contribution in [0.25, 0.3) is 0 Å². The molecule has 0 saturated heterocycles. The molecule has 28 heavy (non-hydrogen) atoms. The molecule has 0 heterocycles. The lowest BCUT2D eigenvalue weighted by atomic mass is 10.0. The molecular weight excluding hydrogens is 384 g/mol. The van der Waals surface area contributed by atoms with E-state index < -0.39 is 16.6 Å². The zero-order valence-electron chi connectivity index (χ0n) is 19.5. The summed E-state index contributed by atoms with van der Waals surface area (Å²) < 4.78 is 11.3. The standard InChI is InChI=1S/C22H46O4Si2/c1-27(2,3)25-20-16-12-11-14-18-21(23)17-13-9-7-8-10-15-19-22(24)26-28(4,5)6/h7-20H2,1-6H3. The van der Waals surface area contributed by atoms with Crippen molar-refractivity contribution in [3.8, 4) is 0 Å². The topological polar surface area (TPSA) is 52.6 Å². The van der Waals surface area contributed by atoms with Gasteiger partial charge in [-0.25, -0.2) is 0 Å². The predicted molar refractivity (Wildman–Crippen MR) is 124 cm³/mol. The molecule has 0 amide bonds. The Morgan fingerprint density at radius 3 is 1.46 bits per heavy atom. The second kappa shape index (κ2) is 15.4. The van der Waals surface area contributed by atoms with Gasteiger partial charge in [0, 0.05) is 25.9 Å². The van der Waals surface area contributed by atoms with Crippen LogP contribution < -0.4 is 0 Å². The molecule has 0 atom stereocenters. The molecule has 0 spiro atoms. The molecule has 6 heteroatoms. The van der Waals surface area contributed by atoms with Gasteiger partial charge >= 0.3 is 0 Å². The molecule has 0 fully saturated rings. The van der Waals surface area contributed by atoms with Crippen molar-refractivity contribution < 1.29 is 18.4 Å². The van der Waals surface area contributed by atoms with Gasteiger partial charge < -0.3 is 8.85 Å². The van der Waals surface area contributed by atoms with Crippen LogP contribution in [0.2, 0.25) is 39.3 Å². The molecule has 0 aliphatic heterocycles. The maximum atomic E-state index is 11.9. The summed E-state index contributed by atoms with van der Waals surface area (Å²) >= 11 is 0. The summed E-state index contributed by atoms with van der Waals surface area (Å²) in [4.78, 5) is 23.6. The maximum Gasteiger partial charge on any atom is 0.292 e. The van der Waals surface area contributed by atoms with E-state index in [4.69, 9.17) is 8.85 Å². The first-order valence-corrected chi connectivity index (χ1v) is 18.2. The number of hydrogen-bond acceptors (Lipinski definition) is 4. The van der Waals surface area contributed by atoms with Crippen LogP contribution >= 0.6 is 0 Å². The van der Waals surface area contributed by atoms with Crippen LogP contribution in [0, 0.1) is 0 Å². The van der Waals surface area contributed by atoms with Crippen molar-refractivity contribution in [3.63, 3.8) is 0 Å². The largest absolute Gasteiger partial charge is 0.520 e. The van der Waals surface area contributed by atoms with Gasteiger partial charge in [0.25, 0.3) is 5.97 Å². The van der Waals surface area contributed by atoms with E-state index in [-0.39, 0.29) is 5.97 Å². The van der Waals surface area contributed by atoms with Crippen LogP contribution in [0.1, 0.15) is 83.5 Å². The van der Waals surface area contributed by atoms with Crippen LogP contribution in [0.4, 0.5) is 0 Å². The maximum absolute atomic E-state index is 11.9. The molecule has 4 nitrogen and oxygen atoms in total. The summed E-state index contributed by atoms with van der Waals surface area (Å²) in [7, 11) is -3.09. The molecule has 0 unspecified atom stereocenters. The number of unbranched alkanes of at least 4 members (excludes halogenated alkanes) is 8. The molecule has 0 bridgehead atoms. The average molecular weight is 431 g/mol. The van der Waals surface area contributed by atoms with Gasteiger partial charge in [0.15, 0.2) is 8.32 Å². The van der Waals surface area contributed by atoms with Gasteiger partial charge in [-0.2, -0.15) is 0 Å². The lowest BCUT2D eigenvalue weighted by Crippen LogP contribution is -2.28. The van der Waals surface area contributed by atoms with Crippen LogP contribution in [0.15, 0.2) is 0 Å². The Kier molecular flexibility index (Phi) is 15.1. The molecule has 0 aromatic heterocycles. The third kappa shape index (κ3) is 21.8. The summed E-state index contributed by atoms with van der Waals surface area (Å²) in [6.45, 7) is 13.7. The minimum atomic E-state index is -1.73. The van der Waals surface area contributed by atoms with E-state index in [1.807, 2.05) is 19.6 Å². The van der Waals surface area contributed by atoms with E-state index in [0.29, 0.717) is 12.2 Å². The molecule has 0 radical (unpaired) electrons. The third-order valence-electron chi connectivity index (χ3n) is 4.39. The number of hydrogen-bond donors (Lipinski definition) is 0. The molecule has 166 valence electrons. The Morgan fingerprint density at radius 1 is 0.571 bits per heavy atom. The highest BCUT2D eigenvalue weighted by atomic mass is 28.4. The second-order valence-electron chi connectivity index (χ2n) is 9.87. The minimum absolute atomic E-state index is 0.0339. The van der Waals surface area contributed by atoms with Crippen molar-refractivity contribution in [1.82, 2.24) is 0 Å². The lowest BCUT2D eigenvalue weighted by molar-refractivity contribution is -0.135. The molecule has 0 aromatic carbocycles. The fraction of sp³-hybridized carbons (Fsp3) is 0.909. The number of carbonyl (C=O) groups excluding carboxylic acids is 2. The number of rotatable bonds is 18. The smallest absolute Gasteiger partial charge is 0.292 e. The normalized spacial score (nSPS) is 12.2. The fourth-order valence-corrected chi connectivity index (χ4v) is 4.51. The van der Waals surface area contributed by atoms with Crippen molar-refractivity contribution in [1.29, 1.82) is 0 Å². The van der Waals surface area contributed by atoms with Crippen LogP contribution in [-0.4, -0.2) is 35.0 Å². The van der Waals surface area contributed by atoms with Gasteiger partial charge in [-0.05, 0) is 65.0 Å². The van der Waals surface area contributed by atoms with Crippen molar-refractivity contribution >= 4 is 28.4 Å². The van der Waals surface area contributed by atoms with Gasteiger partial charge in [-0.15, -0.1) is 0 Å². The predicted octanol–water partition coefficient (Wildman–Crippen LogP) is 6.86. The van der Waals surface area contributed by atoms with E-state index >= 15 is 0 Å². The van der Waals surface area contributed by atoms with E-state index in [1.165, 1.54) is 6.42 Å². The third-order valence-corrected chi connectivity index (χ3v) is 6.30. The minimum Gasteiger partial charge on any atom is -0.520 e. The zero-order valence-corrected chi connectivity index (χ0v) is 21.5. The first-order valence-electron chi connectivity index (χ1n) is 11.4. The van der Waals surface area contributed by atoms with Gasteiger partial charge in [0.1, 0.15) is 5.78 Å². The average Bonchev–Trinajstić information content (AvgIpc) is 2.53. The van der Waals surface area contributed by atoms with Crippen molar-refractivity contribution in [2.24, 2.45) is 0 Å². The van der Waals surface area contributed by atoms with Crippen LogP contribution in [-0.2, 0) is 18.4 Å². The summed E-state index contributed by atoms with van der Waals surface area (Å²) in [6, 6.07) is 0. The number of ketones is 1. The van der Waals surface area contributed by atoms with Crippen LogP contribution in [0.5, 0.6) is 0 Å². The SMILES string of the molecule is C[Si](C)(C)OCCCCCCC(=O)CCCCCCCCC(=O)O[Si](C)(C)C. The zero-order chi connectivity index (χ0) is 21.5. The highest BCUT2D eigenvalue weighted by Gasteiger charge is 2.19. The first-order chi connectivity index (χ1) is 13.0. The molecule has 0 aliphatic carbocycles. The summed E-state index contributed by atoms with van der Waals surface area (Å²) in [5.41, 5.74) is 0. The Bertz CT molecular complexity index is 425. The van der Waals surface area contributed by atoms with E-state index in [2.05, 4.69) is 19.6 Å². The first kappa shape index (κ1) is 27.5. The molecule has 0 aromatic rings. The molecule has 0 N–H and O–H groups in total. The molecule has 0 aliphatic rings. The second-order valence-corrected chi connectivity index (χ2v) is 18.8. The van der Waals surface area contributed by atoms with E-state index in [0.717, 1.165) is 77.2 Å². The monoisotopic (exact) mass is 430 g/mol. The highest BCUT2D eigenvalue weighted by molar-refractivity contribution is 6.71. The van der Waals surface area contributed by atoms with Gasteiger partial charge in [-0.3, -0.25) is 9.59 Å². The Balaban J connectivity index is 3.36. The van der Waals surface area contributed by atoms with E-state index in [9.17, 15) is 9.59 Å². The van der Waals surface area contributed by atoms with Gasteiger partial charge in [-0.1, -0.05) is 38.5 Å². The van der Waals surface area contributed by atoms with Crippen LogP contribution in [0.3, 0.4) is 0 Å². The van der Waals surface area contributed by atoms with E-state index in [1.54, 1.807) is 0 Å². The molecule has 0 rings (SSSR count). The molecular formula is C22H46O4Si2. The molecule has 0 saturated carbocycles. The van der Waals surface area contributed by atoms with Crippen molar-refractivity contribution in [2.45, 2.75) is 123 Å².